The van der Waals surface area contributed by atoms with Gasteiger partial charge in [-0.25, -0.2) is 4.98 Å². The summed E-state index contributed by atoms with van der Waals surface area (Å²) in [6.07, 6.45) is 0.201. The number of anilines is 1. The van der Waals surface area contributed by atoms with Gasteiger partial charge >= 0.3 is 11.8 Å². The molecule has 0 radical (unpaired) electrons. The smallest absolute Gasteiger partial charge is 0.352 e. The molecule has 2 heterocycles. The van der Waals surface area contributed by atoms with Gasteiger partial charge in [0.05, 0.1) is 23.9 Å². The fourth-order valence-corrected chi connectivity index (χ4v) is 3.20. The lowest BCUT2D eigenvalue weighted by atomic mass is 9.98. The van der Waals surface area contributed by atoms with Gasteiger partial charge in [0.2, 0.25) is 0 Å². The minimum Gasteiger partial charge on any atom is -0.443 e. The Morgan fingerprint density at radius 2 is 2.12 bits per heavy atom. The summed E-state index contributed by atoms with van der Waals surface area (Å²) in [7, 11) is 0. The fraction of sp³-hybridized carbons (Fsp3) is 0.222. The van der Waals surface area contributed by atoms with Crippen molar-refractivity contribution < 1.29 is 23.1 Å². The fourth-order valence-electron chi connectivity index (χ4n) is 3.20. The van der Waals surface area contributed by atoms with Gasteiger partial charge in [-0.3, -0.25) is 4.79 Å². The summed E-state index contributed by atoms with van der Waals surface area (Å²) in [6, 6.07) is 9.53. The molecule has 1 amide bonds. The standard InChI is InChI=1S/C18H14F2N2O3/c1-10(23)12-3-2-4-14-16(12)18(19,20)17(24)22(14)8-11-5-6-13-15(7-11)25-9-21-13/h2-7,9-10,23H,8H2,1H3/t10-/m0/s1. The quantitative estimate of drug-likeness (QED) is 0.789. The molecule has 1 aliphatic rings. The van der Waals surface area contributed by atoms with Gasteiger partial charge in [0.1, 0.15) is 5.52 Å². The van der Waals surface area contributed by atoms with Gasteiger partial charge in [-0.05, 0) is 36.2 Å². The van der Waals surface area contributed by atoms with Crippen LogP contribution in [-0.2, 0) is 17.3 Å². The number of carbonyl (C=O) groups is 1. The highest BCUT2D eigenvalue weighted by atomic mass is 19.3. The number of hydrogen-bond acceptors (Lipinski definition) is 4. The van der Waals surface area contributed by atoms with Crippen molar-refractivity contribution in [2.75, 3.05) is 4.90 Å². The van der Waals surface area contributed by atoms with E-state index in [1.807, 2.05) is 0 Å². The van der Waals surface area contributed by atoms with E-state index >= 15 is 0 Å². The normalized spacial score (nSPS) is 17.1. The summed E-state index contributed by atoms with van der Waals surface area (Å²) in [5, 5.41) is 9.79. The van der Waals surface area contributed by atoms with Crippen molar-refractivity contribution in [2.45, 2.75) is 25.5 Å². The van der Waals surface area contributed by atoms with E-state index in [0.717, 1.165) is 4.90 Å². The number of aliphatic hydroxyl groups excluding tert-OH is 1. The molecule has 0 fully saturated rings. The summed E-state index contributed by atoms with van der Waals surface area (Å²) in [5.41, 5.74) is 1.57. The molecule has 1 atom stereocenters. The molecule has 0 unspecified atom stereocenters. The Labute approximate surface area is 141 Å². The van der Waals surface area contributed by atoms with E-state index in [2.05, 4.69) is 4.98 Å². The van der Waals surface area contributed by atoms with Crippen molar-refractivity contribution in [2.24, 2.45) is 0 Å². The topological polar surface area (TPSA) is 66.6 Å². The number of aliphatic hydroxyl groups is 1. The first-order chi connectivity index (χ1) is 11.9. The van der Waals surface area contributed by atoms with E-state index in [9.17, 15) is 18.7 Å². The molecule has 0 aliphatic carbocycles. The van der Waals surface area contributed by atoms with Gasteiger partial charge in [-0.1, -0.05) is 18.2 Å². The highest BCUT2D eigenvalue weighted by Crippen LogP contribution is 2.47. The number of fused-ring (bicyclic) bond motifs is 2. The van der Waals surface area contributed by atoms with Gasteiger partial charge < -0.3 is 14.4 Å². The zero-order valence-corrected chi connectivity index (χ0v) is 13.2. The molecule has 0 spiro atoms. The van der Waals surface area contributed by atoms with Crippen LogP contribution in [0.3, 0.4) is 0 Å². The molecule has 1 aromatic heterocycles. The average molecular weight is 344 g/mol. The van der Waals surface area contributed by atoms with Crippen molar-refractivity contribution in [3.8, 4) is 0 Å². The van der Waals surface area contributed by atoms with Gasteiger partial charge in [0.25, 0.3) is 0 Å². The van der Waals surface area contributed by atoms with Gasteiger partial charge in [0, 0.05) is 0 Å². The van der Waals surface area contributed by atoms with Crippen molar-refractivity contribution in [3.63, 3.8) is 0 Å². The number of alkyl halides is 2. The molecular weight excluding hydrogens is 330 g/mol. The van der Waals surface area contributed by atoms with Crippen LogP contribution in [0.4, 0.5) is 14.5 Å². The zero-order chi connectivity index (χ0) is 17.8. The van der Waals surface area contributed by atoms with Crippen molar-refractivity contribution in [3.05, 3.63) is 59.5 Å². The van der Waals surface area contributed by atoms with Crippen LogP contribution in [0.1, 0.15) is 29.7 Å². The highest BCUT2D eigenvalue weighted by molar-refractivity contribution is 6.06. The largest absolute Gasteiger partial charge is 0.443 e. The molecule has 7 heteroatoms. The number of oxazole rings is 1. The second kappa shape index (κ2) is 5.35. The van der Waals surface area contributed by atoms with Crippen LogP contribution >= 0.6 is 0 Å². The lowest BCUT2D eigenvalue weighted by molar-refractivity contribution is -0.141. The Balaban J connectivity index is 1.79. The first kappa shape index (κ1) is 15.7. The van der Waals surface area contributed by atoms with Crippen molar-refractivity contribution in [1.82, 2.24) is 4.98 Å². The van der Waals surface area contributed by atoms with E-state index in [1.165, 1.54) is 25.5 Å². The molecule has 25 heavy (non-hydrogen) atoms. The Morgan fingerprint density at radius 3 is 2.88 bits per heavy atom. The minimum absolute atomic E-state index is 0.0265. The van der Waals surface area contributed by atoms with Crippen LogP contribution in [0.15, 0.2) is 47.2 Å². The SMILES string of the molecule is C[C@H](O)c1cccc2c1C(F)(F)C(=O)N2Cc1ccc2ncoc2c1. The van der Waals surface area contributed by atoms with Crippen LogP contribution in [0, 0.1) is 0 Å². The molecule has 128 valence electrons. The number of nitrogens with zero attached hydrogens (tertiary/aromatic N) is 2. The van der Waals surface area contributed by atoms with Crippen molar-refractivity contribution in [1.29, 1.82) is 0 Å². The molecule has 0 saturated heterocycles. The minimum atomic E-state index is -3.67. The third-order valence-corrected chi connectivity index (χ3v) is 4.38. The van der Waals surface area contributed by atoms with Crippen molar-refractivity contribution >= 4 is 22.7 Å². The molecule has 3 aromatic rings. The Bertz CT molecular complexity index is 981. The number of rotatable bonds is 3. The number of benzene rings is 2. The molecule has 0 saturated carbocycles. The predicted molar refractivity (Wildman–Crippen MR) is 86.2 cm³/mol. The van der Waals surface area contributed by atoms with Crippen LogP contribution in [-0.4, -0.2) is 16.0 Å². The summed E-state index contributed by atoms with van der Waals surface area (Å²) >= 11 is 0. The van der Waals surface area contributed by atoms with Crippen LogP contribution in [0.5, 0.6) is 0 Å². The van der Waals surface area contributed by atoms with Gasteiger partial charge in [-0.2, -0.15) is 8.78 Å². The average Bonchev–Trinajstić information content (AvgIpc) is 3.12. The van der Waals surface area contributed by atoms with E-state index < -0.39 is 23.5 Å². The van der Waals surface area contributed by atoms with E-state index in [1.54, 1.807) is 24.3 Å². The van der Waals surface area contributed by atoms with Crippen LogP contribution < -0.4 is 4.90 Å². The zero-order valence-electron chi connectivity index (χ0n) is 13.2. The molecule has 4 rings (SSSR count). The lowest BCUT2D eigenvalue weighted by Gasteiger charge is -2.17. The number of hydrogen-bond donors (Lipinski definition) is 1. The third kappa shape index (κ3) is 2.31. The first-order valence-corrected chi connectivity index (χ1v) is 7.73. The van der Waals surface area contributed by atoms with Gasteiger partial charge in [-0.15, -0.1) is 0 Å². The summed E-state index contributed by atoms with van der Waals surface area (Å²) in [5.74, 6) is -4.97. The second-order valence-electron chi connectivity index (χ2n) is 6.04. The van der Waals surface area contributed by atoms with Crippen LogP contribution in [0.25, 0.3) is 11.1 Å². The Hall–Kier alpha value is -2.80. The number of carbonyl (C=O) groups excluding carboxylic acids is 1. The second-order valence-corrected chi connectivity index (χ2v) is 6.04. The monoisotopic (exact) mass is 344 g/mol. The summed E-state index contributed by atoms with van der Waals surface area (Å²) < 4.78 is 34.4. The summed E-state index contributed by atoms with van der Waals surface area (Å²) in [6.45, 7) is 1.37. The van der Waals surface area contributed by atoms with E-state index in [-0.39, 0.29) is 17.8 Å². The maximum atomic E-state index is 14.6. The number of halogens is 2. The number of amides is 1. The van der Waals surface area contributed by atoms with Crippen LogP contribution in [0.2, 0.25) is 0 Å². The molecule has 1 N–H and O–H groups in total. The maximum Gasteiger partial charge on any atom is 0.352 e. The summed E-state index contributed by atoms with van der Waals surface area (Å²) in [4.78, 5) is 17.4. The molecule has 5 nitrogen and oxygen atoms in total. The molecular formula is C18H14F2N2O3. The lowest BCUT2D eigenvalue weighted by Crippen LogP contribution is -2.34. The highest BCUT2D eigenvalue weighted by Gasteiger charge is 2.54. The predicted octanol–water partition coefficient (Wildman–Crippen LogP) is 3.52. The first-order valence-electron chi connectivity index (χ1n) is 7.73. The number of aromatic nitrogens is 1. The Kier molecular flexibility index (Phi) is 3.36. The molecule has 0 bridgehead atoms. The molecule has 1 aliphatic heterocycles. The Morgan fingerprint density at radius 1 is 1.32 bits per heavy atom. The van der Waals surface area contributed by atoms with E-state index in [4.69, 9.17) is 4.42 Å². The van der Waals surface area contributed by atoms with E-state index in [0.29, 0.717) is 16.7 Å². The molecule has 2 aromatic carbocycles. The third-order valence-electron chi connectivity index (χ3n) is 4.38. The van der Waals surface area contributed by atoms with Gasteiger partial charge in [0.15, 0.2) is 12.0 Å². The maximum absolute atomic E-state index is 14.6.